The number of carbonyl (C=O) groups excluding carboxylic acids is 1. The van der Waals surface area contributed by atoms with Gasteiger partial charge >= 0.3 is 0 Å². The lowest BCUT2D eigenvalue weighted by molar-refractivity contribution is -0.128. The molecule has 4 atom stereocenters. The van der Waals surface area contributed by atoms with Crippen molar-refractivity contribution in [2.75, 3.05) is 13.2 Å². The highest BCUT2D eigenvalue weighted by molar-refractivity contribution is 5.82. The number of likely N-dealkylation sites (tertiary alicyclic amines) is 1. The molecule has 1 aliphatic carbocycles. The molecule has 1 amide bonds. The van der Waals surface area contributed by atoms with E-state index >= 15 is 0 Å². The molecule has 0 radical (unpaired) electrons. The number of benzene rings is 1. The van der Waals surface area contributed by atoms with Crippen molar-refractivity contribution in [2.45, 2.75) is 38.0 Å². The van der Waals surface area contributed by atoms with E-state index in [-0.39, 0.29) is 36.0 Å². The molecule has 0 unspecified atom stereocenters. The molecule has 3 aromatic rings. The van der Waals surface area contributed by atoms with Crippen molar-refractivity contribution in [3.05, 3.63) is 82.8 Å². The van der Waals surface area contributed by atoms with E-state index in [0.29, 0.717) is 24.6 Å². The number of hydrogen-bond donors (Lipinski definition) is 2. The van der Waals surface area contributed by atoms with Crippen LogP contribution >= 0.6 is 0 Å². The Balaban J connectivity index is 1.33. The van der Waals surface area contributed by atoms with Crippen LogP contribution in [0.2, 0.25) is 0 Å². The topological polar surface area (TPSA) is 100 Å². The minimum Gasteiger partial charge on any atom is -0.396 e. The Hall–Kier alpha value is -3.36. The lowest BCUT2D eigenvalue weighted by Crippen LogP contribution is -2.48. The van der Waals surface area contributed by atoms with Crippen molar-refractivity contribution in [3.63, 3.8) is 0 Å². The molecule has 4 heterocycles. The fourth-order valence-electron chi connectivity index (χ4n) is 5.96. The number of fused-ring (bicyclic) bond motifs is 3. The number of aliphatic hydroxyl groups excluding tert-OH is 1. The minimum atomic E-state index is -0.435. The number of carbonyl (C=O) groups is 1. The van der Waals surface area contributed by atoms with Crippen LogP contribution in [0.4, 0.5) is 0 Å². The molecular formula is C27H29N5O3. The van der Waals surface area contributed by atoms with E-state index in [1.54, 1.807) is 12.3 Å². The summed E-state index contributed by atoms with van der Waals surface area (Å²) in [6, 6.07) is 15.0. The number of nitrogens with zero attached hydrogens (tertiary/aromatic N) is 4. The zero-order valence-electron chi connectivity index (χ0n) is 19.5. The largest absolute Gasteiger partial charge is 0.396 e. The van der Waals surface area contributed by atoms with Gasteiger partial charge in [-0.05, 0) is 42.5 Å². The summed E-state index contributed by atoms with van der Waals surface area (Å²) < 4.78 is 1.87. The minimum absolute atomic E-state index is 0.00377. The zero-order valence-corrected chi connectivity index (χ0v) is 19.5. The van der Waals surface area contributed by atoms with Crippen molar-refractivity contribution >= 4 is 5.91 Å². The summed E-state index contributed by atoms with van der Waals surface area (Å²) >= 11 is 0. The number of aromatic nitrogens is 3. The predicted octanol–water partition coefficient (Wildman–Crippen LogP) is 2.00. The summed E-state index contributed by atoms with van der Waals surface area (Å²) in [4.78, 5) is 37.4. The van der Waals surface area contributed by atoms with Crippen molar-refractivity contribution in [1.82, 2.24) is 24.8 Å². The monoisotopic (exact) mass is 471 g/mol. The molecule has 3 aliphatic rings. The molecule has 1 aromatic carbocycles. The molecule has 1 saturated carbocycles. The Bertz CT molecular complexity index is 1270. The number of aliphatic hydroxyl groups is 1. The van der Waals surface area contributed by atoms with E-state index in [9.17, 15) is 14.7 Å². The van der Waals surface area contributed by atoms with E-state index in [0.717, 1.165) is 36.3 Å². The summed E-state index contributed by atoms with van der Waals surface area (Å²) in [5, 5.41) is 13.5. The molecule has 6 rings (SSSR count). The van der Waals surface area contributed by atoms with Gasteiger partial charge in [0.1, 0.15) is 6.33 Å². The van der Waals surface area contributed by atoms with Gasteiger partial charge in [-0.15, -0.1) is 0 Å². The van der Waals surface area contributed by atoms with Crippen LogP contribution in [-0.2, 0) is 17.9 Å². The van der Waals surface area contributed by atoms with E-state index < -0.39 is 6.04 Å². The van der Waals surface area contributed by atoms with E-state index in [1.165, 1.54) is 6.33 Å². The third kappa shape index (κ3) is 3.96. The summed E-state index contributed by atoms with van der Waals surface area (Å²) in [7, 11) is 0. The summed E-state index contributed by atoms with van der Waals surface area (Å²) in [5.74, 6) is 0.234. The molecule has 1 saturated heterocycles. The number of nitrogens with one attached hydrogen (secondary N) is 1. The second kappa shape index (κ2) is 9.02. The maximum absolute atomic E-state index is 13.5. The molecular weight excluding hydrogens is 442 g/mol. The Morgan fingerprint density at radius 3 is 2.66 bits per heavy atom. The Labute approximate surface area is 203 Å². The van der Waals surface area contributed by atoms with Crippen LogP contribution in [0.5, 0.6) is 0 Å². The first-order valence-corrected chi connectivity index (χ1v) is 12.3. The molecule has 2 aliphatic heterocycles. The third-order valence-electron chi connectivity index (χ3n) is 7.80. The van der Waals surface area contributed by atoms with Gasteiger partial charge < -0.3 is 15.0 Å². The van der Waals surface area contributed by atoms with Gasteiger partial charge in [0.2, 0.25) is 5.91 Å². The first-order valence-electron chi connectivity index (χ1n) is 12.3. The van der Waals surface area contributed by atoms with Crippen LogP contribution in [0, 0.1) is 17.8 Å². The Morgan fingerprint density at radius 2 is 1.94 bits per heavy atom. The summed E-state index contributed by atoms with van der Waals surface area (Å²) in [5.41, 5.74) is 3.27. The van der Waals surface area contributed by atoms with Gasteiger partial charge in [-0.2, -0.15) is 0 Å². The highest BCUT2D eigenvalue weighted by Crippen LogP contribution is 2.50. The summed E-state index contributed by atoms with van der Waals surface area (Å²) in [6.45, 7) is 1.54. The second-order valence-corrected chi connectivity index (χ2v) is 9.91. The fourth-order valence-corrected chi connectivity index (χ4v) is 5.96. The highest BCUT2D eigenvalue weighted by atomic mass is 16.3. The quantitative estimate of drug-likeness (QED) is 0.547. The van der Waals surface area contributed by atoms with E-state index in [2.05, 4.69) is 20.2 Å². The van der Waals surface area contributed by atoms with E-state index in [1.807, 2.05) is 47.0 Å². The van der Waals surface area contributed by atoms with Crippen molar-refractivity contribution in [3.8, 4) is 11.1 Å². The Morgan fingerprint density at radius 1 is 1.11 bits per heavy atom. The maximum atomic E-state index is 13.5. The molecule has 0 spiro atoms. The van der Waals surface area contributed by atoms with Crippen LogP contribution in [-0.4, -0.2) is 49.6 Å². The summed E-state index contributed by atoms with van der Waals surface area (Å²) in [6.07, 6.45) is 5.44. The number of pyridine rings is 1. The average molecular weight is 472 g/mol. The maximum Gasteiger partial charge on any atom is 0.258 e. The SMILES string of the molecule is O=C(NCc1ccncn1)[C@H]1[C@H](CO)[C@H]2Cn3c(ccc(-c4ccccc4)c3=O)[C@H]2N1CC1CC1. The van der Waals surface area contributed by atoms with Crippen LogP contribution in [0.1, 0.15) is 30.3 Å². The van der Waals surface area contributed by atoms with Gasteiger partial charge in [0.15, 0.2) is 0 Å². The molecule has 2 aromatic heterocycles. The zero-order chi connectivity index (χ0) is 23.9. The molecule has 8 nitrogen and oxygen atoms in total. The molecule has 2 fully saturated rings. The van der Waals surface area contributed by atoms with E-state index in [4.69, 9.17) is 0 Å². The number of hydrogen-bond acceptors (Lipinski definition) is 6. The van der Waals surface area contributed by atoms with Crippen molar-refractivity contribution < 1.29 is 9.90 Å². The first-order chi connectivity index (χ1) is 17.2. The van der Waals surface area contributed by atoms with Crippen molar-refractivity contribution in [1.29, 1.82) is 0 Å². The smallest absolute Gasteiger partial charge is 0.258 e. The van der Waals surface area contributed by atoms with Gasteiger partial charge in [0.05, 0.1) is 24.3 Å². The van der Waals surface area contributed by atoms with Gasteiger partial charge in [-0.3, -0.25) is 14.5 Å². The van der Waals surface area contributed by atoms with Crippen molar-refractivity contribution in [2.24, 2.45) is 17.8 Å². The number of rotatable bonds is 7. The molecule has 2 N–H and O–H groups in total. The molecule has 35 heavy (non-hydrogen) atoms. The van der Waals surface area contributed by atoms with Gasteiger partial charge in [-0.1, -0.05) is 30.3 Å². The van der Waals surface area contributed by atoms with Gasteiger partial charge in [0.25, 0.3) is 5.56 Å². The van der Waals surface area contributed by atoms with Crippen LogP contribution < -0.4 is 10.9 Å². The highest BCUT2D eigenvalue weighted by Gasteiger charge is 2.56. The predicted molar refractivity (Wildman–Crippen MR) is 130 cm³/mol. The van der Waals surface area contributed by atoms with Crippen LogP contribution in [0.3, 0.4) is 0 Å². The molecule has 180 valence electrons. The lowest BCUT2D eigenvalue weighted by atomic mass is 9.88. The second-order valence-electron chi connectivity index (χ2n) is 9.91. The normalized spacial score (nSPS) is 25.3. The van der Waals surface area contributed by atoms with Gasteiger partial charge in [-0.25, -0.2) is 9.97 Å². The molecule has 0 bridgehead atoms. The molecule has 8 heteroatoms. The average Bonchev–Trinajstić information content (AvgIpc) is 3.55. The van der Waals surface area contributed by atoms with Gasteiger partial charge in [0, 0.05) is 49.0 Å². The first kappa shape index (κ1) is 22.1. The number of amides is 1. The third-order valence-corrected chi connectivity index (χ3v) is 7.80. The Kier molecular flexibility index (Phi) is 5.70. The van der Waals surface area contributed by atoms with Crippen LogP contribution in [0.25, 0.3) is 11.1 Å². The fraction of sp³-hybridized carbons (Fsp3) is 0.407. The van der Waals surface area contributed by atoms with Crippen LogP contribution in [0.15, 0.2) is 65.8 Å². The standard InChI is InChI=1S/C27H29N5O3/c33-15-22-21-14-31-23(9-8-20(27(31)35)18-4-2-1-3-5-18)24(21)32(13-17-6-7-17)25(22)26(34)29-12-19-10-11-28-16-30-19/h1-5,8-11,16-17,21-22,24-25,33H,6-7,12-15H2,(H,29,34)/t21-,22-,24+,25-/m1/s1. The lowest BCUT2D eigenvalue weighted by Gasteiger charge is -2.31.